The minimum Gasteiger partial charge on any atom is -0.487 e. The second-order valence-corrected chi connectivity index (χ2v) is 10.7. The number of rotatable bonds is 6. The van der Waals surface area contributed by atoms with Gasteiger partial charge in [-0.15, -0.1) is 0 Å². The molecule has 0 bridgehead atoms. The summed E-state index contributed by atoms with van der Waals surface area (Å²) < 4.78 is 60.0. The molecule has 8 heteroatoms. The maximum atomic E-state index is 14.2. The van der Waals surface area contributed by atoms with Gasteiger partial charge in [-0.2, -0.15) is 13.2 Å². The Morgan fingerprint density at radius 2 is 1.86 bits per heavy atom. The van der Waals surface area contributed by atoms with E-state index in [1.54, 1.807) is 6.92 Å². The fourth-order valence-electron chi connectivity index (χ4n) is 5.89. The molecule has 5 rings (SSSR count). The molecule has 2 atom stereocenters. The van der Waals surface area contributed by atoms with Gasteiger partial charge in [-0.3, -0.25) is 9.69 Å². The first-order chi connectivity index (χ1) is 17.0. The number of nitrogens with zero attached hydrogens (tertiary/aromatic N) is 1. The van der Waals surface area contributed by atoms with E-state index in [1.807, 2.05) is 11.0 Å². The normalized spacial score (nSPS) is 21.5. The summed E-state index contributed by atoms with van der Waals surface area (Å²) in [6.45, 7) is 3.11. The van der Waals surface area contributed by atoms with E-state index in [2.05, 4.69) is 12.1 Å². The zero-order valence-electron chi connectivity index (χ0n) is 20.3. The highest BCUT2D eigenvalue weighted by Gasteiger charge is 2.42. The van der Waals surface area contributed by atoms with Crippen molar-refractivity contribution in [2.75, 3.05) is 13.1 Å². The van der Waals surface area contributed by atoms with Crippen LogP contribution in [-0.2, 0) is 23.9 Å². The van der Waals surface area contributed by atoms with Gasteiger partial charge in [-0.25, -0.2) is 4.39 Å². The predicted molar refractivity (Wildman–Crippen MR) is 126 cm³/mol. The Labute approximate surface area is 208 Å². The lowest BCUT2D eigenvalue weighted by atomic mass is 9.80. The van der Waals surface area contributed by atoms with E-state index in [0.29, 0.717) is 31.8 Å². The van der Waals surface area contributed by atoms with Crippen LogP contribution in [0.5, 0.6) is 5.75 Å². The zero-order valence-corrected chi connectivity index (χ0v) is 20.3. The molecule has 0 amide bonds. The van der Waals surface area contributed by atoms with Crippen LogP contribution in [0.3, 0.4) is 0 Å². The van der Waals surface area contributed by atoms with Crippen LogP contribution in [0.1, 0.15) is 67.2 Å². The summed E-state index contributed by atoms with van der Waals surface area (Å²) in [6, 6.07) is 8.72. The van der Waals surface area contributed by atoms with Crippen LogP contribution in [0.2, 0.25) is 0 Å². The summed E-state index contributed by atoms with van der Waals surface area (Å²) in [5, 5.41) is 9.62. The highest BCUT2D eigenvalue weighted by atomic mass is 19.4. The molecule has 4 nitrogen and oxygen atoms in total. The van der Waals surface area contributed by atoms with Gasteiger partial charge in [0.25, 0.3) is 0 Å². The molecule has 3 aliphatic rings. The maximum absolute atomic E-state index is 14.2. The number of carbonyl (C=O) groups is 1. The van der Waals surface area contributed by atoms with E-state index < -0.39 is 29.4 Å². The summed E-state index contributed by atoms with van der Waals surface area (Å²) in [5.74, 6) is -0.692. The van der Waals surface area contributed by atoms with Crippen LogP contribution in [0.15, 0.2) is 36.4 Å². The molecule has 2 aliphatic heterocycles. The summed E-state index contributed by atoms with van der Waals surface area (Å²) in [5.41, 5.74) is 0.995. The highest BCUT2D eigenvalue weighted by Crippen LogP contribution is 2.49. The van der Waals surface area contributed by atoms with Crippen LogP contribution in [0.25, 0.3) is 0 Å². The molecule has 194 valence electrons. The molecule has 0 radical (unpaired) electrons. The number of aliphatic carboxylic acids is 1. The molecule has 1 spiro atoms. The third-order valence-electron chi connectivity index (χ3n) is 8.24. The Hall–Kier alpha value is -2.61. The van der Waals surface area contributed by atoms with Gasteiger partial charge in [0.1, 0.15) is 17.2 Å². The molecule has 2 unspecified atom stereocenters. The average Bonchev–Trinajstić information content (AvgIpc) is 3.66. The molecule has 1 saturated carbocycles. The lowest BCUT2D eigenvalue weighted by Gasteiger charge is -2.45. The first kappa shape index (κ1) is 25.1. The monoisotopic (exact) mass is 505 g/mol. The minimum absolute atomic E-state index is 0.0292. The van der Waals surface area contributed by atoms with Crippen LogP contribution < -0.4 is 4.74 Å². The van der Waals surface area contributed by atoms with Crippen molar-refractivity contribution in [1.29, 1.82) is 0 Å². The number of ether oxygens (including phenoxy) is 1. The largest absolute Gasteiger partial charge is 0.487 e. The Bertz CT molecular complexity index is 1140. The first-order valence-electron chi connectivity index (χ1n) is 12.7. The molecule has 1 aliphatic carbocycles. The van der Waals surface area contributed by atoms with Crippen molar-refractivity contribution in [2.24, 2.45) is 11.8 Å². The van der Waals surface area contributed by atoms with Crippen molar-refractivity contribution in [3.63, 3.8) is 0 Å². The minimum atomic E-state index is -4.50. The van der Waals surface area contributed by atoms with Gasteiger partial charge in [-0.1, -0.05) is 19.1 Å². The number of carboxylic acids is 1. The SMILES string of the molecule is CC(C(=O)O)C(c1ccc2c(c1)OC1(CC2)CCN(Cc2cc(C(F)(F)F)ccc2F)CC1)C1CC1. The quantitative estimate of drug-likeness (QED) is 0.461. The van der Waals surface area contributed by atoms with Crippen molar-refractivity contribution < 1.29 is 32.2 Å². The fraction of sp³-hybridized carbons (Fsp3) is 0.536. The lowest BCUT2D eigenvalue weighted by Crippen LogP contribution is -2.49. The highest BCUT2D eigenvalue weighted by molar-refractivity contribution is 5.71. The van der Waals surface area contributed by atoms with Crippen molar-refractivity contribution in [2.45, 2.75) is 69.7 Å². The number of hydrogen-bond acceptors (Lipinski definition) is 3. The Morgan fingerprint density at radius 3 is 2.50 bits per heavy atom. The number of piperidine rings is 1. The molecule has 36 heavy (non-hydrogen) atoms. The summed E-state index contributed by atoms with van der Waals surface area (Å²) >= 11 is 0. The summed E-state index contributed by atoms with van der Waals surface area (Å²) in [6.07, 6.45) is 0.711. The second-order valence-electron chi connectivity index (χ2n) is 10.7. The molecular formula is C28H31F4NO3. The Balaban J connectivity index is 1.27. The third kappa shape index (κ3) is 5.10. The van der Waals surface area contributed by atoms with Crippen molar-refractivity contribution in [1.82, 2.24) is 4.90 Å². The molecule has 2 aromatic carbocycles. The number of likely N-dealkylation sites (tertiary alicyclic amines) is 1. The Morgan fingerprint density at radius 1 is 1.14 bits per heavy atom. The molecule has 2 heterocycles. The summed E-state index contributed by atoms with van der Waals surface area (Å²) in [7, 11) is 0. The number of halogens is 4. The number of alkyl halides is 3. The van der Waals surface area contributed by atoms with Crippen LogP contribution in [0.4, 0.5) is 17.6 Å². The molecule has 2 fully saturated rings. The molecule has 0 aromatic heterocycles. The molecule has 2 aromatic rings. The average molecular weight is 506 g/mol. The number of fused-ring (bicyclic) bond motifs is 1. The Kier molecular flexibility index (Phi) is 6.52. The van der Waals surface area contributed by atoms with Crippen molar-refractivity contribution >= 4 is 5.97 Å². The van der Waals surface area contributed by atoms with Crippen LogP contribution in [-0.4, -0.2) is 34.7 Å². The van der Waals surface area contributed by atoms with Gasteiger partial charge in [0.05, 0.1) is 11.5 Å². The van der Waals surface area contributed by atoms with E-state index in [-0.39, 0.29) is 23.6 Å². The number of carboxylic acid groups (broad SMARTS) is 1. The molecule has 1 saturated heterocycles. The van der Waals surface area contributed by atoms with Gasteiger partial charge in [0, 0.05) is 25.2 Å². The van der Waals surface area contributed by atoms with Gasteiger partial charge in [0.2, 0.25) is 0 Å². The van der Waals surface area contributed by atoms with Gasteiger partial charge in [0.15, 0.2) is 0 Å². The van der Waals surface area contributed by atoms with Crippen molar-refractivity contribution in [3.8, 4) is 5.75 Å². The zero-order chi connectivity index (χ0) is 25.7. The standard InChI is InChI=1S/C28H31F4NO3/c1-17(26(34)35)25(19-3-4-19)20-5-2-18-8-9-27(36-24(18)15-20)10-12-33(13-11-27)16-21-14-22(28(30,31)32)6-7-23(21)29/h2,5-7,14-15,17,19,25H,3-4,8-13,16H2,1H3,(H,34,35). The molecule has 1 N–H and O–H groups in total. The maximum Gasteiger partial charge on any atom is 0.416 e. The van der Waals surface area contributed by atoms with Gasteiger partial charge >= 0.3 is 12.1 Å². The van der Waals surface area contributed by atoms with E-state index in [9.17, 15) is 27.5 Å². The topological polar surface area (TPSA) is 49.8 Å². The van der Waals surface area contributed by atoms with Crippen LogP contribution in [0, 0.1) is 17.7 Å². The van der Waals surface area contributed by atoms with Gasteiger partial charge < -0.3 is 9.84 Å². The summed E-state index contributed by atoms with van der Waals surface area (Å²) in [4.78, 5) is 13.7. The third-order valence-corrected chi connectivity index (χ3v) is 8.24. The van der Waals surface area contributed by atoms with E-state index in [0.717, 1.165) is 60.8 Å². The fourth-order valence-corrected chi connectivity index (χ4v) is 5.89. The van der Waals surface area contributed by atoms with Crippen LogP contribution >= 0.6 is 0 Å². The molecular weight excluding hydrogens is 474 g/mol. The smallest absolute Gasteiger partial charge is 0.416 e. The number of benzene rings is 2. The number of aryl methyl sites for hydroxylation is 1. The first-order valence-corrected chi connectivity index (χ1v) is 12.7. The lowest BCUT2D eigenvalue weighted by molar-refractivity contribution is -0.142. The van der Waals surface area contributed by atoms with E-state index in [4.69, 9.17) is 4.74 Å². The predicted octanol–water partition coefficient (Wildman–Crippen LogP) is 6.42. The van der Waals surface area contributed by atoms with E-state index >= 15 is 0 Å². The number of hydrogen-bond donors (Lipinski definition) is 1. The van der Waals surface area contributed by atoms with Crippen molar-refractivity contribution in [3.05, 3.63) is 64.5 Å². The van der Waals surface area contributed by atoms with Gasteiger partial charge in [-0.05, 0) is 85.8 Å². The van der Waals surface area contributed by atoms with E-state index in [1.165, 1.54) is 0 Å². The second kappa shape index (κ2) is 9.36.